The number of hydrogen-bond acceptors (Lipinski definition) is 3. The first-order valence-corrected chi connectivity index (χ1v) is 5.20. The van der Waals surface area contributed by atoms with Crippen molar-refractivity contribution in [2.75, 3.05) is 13.2 Å². The van der Waals surface area contributed by atoms with Gasteiger partial charge < -0.3 is 15.6 Å². The average Bonchev–Trinajstić information content (AvgIpc) is 2.14. The predicted octanol–water partition coefficient (Wildman–Crippen LogP) is 1.03. The van der Waals surface area contributed by atoms with Crippen LogP contribution < -0.4 is 5.73 Å². The summed E-state index contributed by atoms with van der Waals surface area (Å²) in [5, 5.41) is 8.78. The molecule has 4 nitrogen and oxygen atoms in total. The first-order chi connectivity index (χ1) is 6.65. The molecular weight excluding hydrogens is 218 g/mol. The van der Waals surface area contributed by atoms with Crippen LogP contribution >= 0.6 is 12.4 Å². The van der Waals surface area contributed by atoms with E-state index in [-0.39, 0.29) is 29.8 Å². The van der Waals surface area contributed by atoms with Crippen molar-refractivity contribution in [1.29, 1.82) is 0 Å². The minimum absolute atomic E-state index is 0. The maximum atomic E-state index is 10.7. The average molecular weight is 236 g/mol. The first-order valence-electron chi connectivity index (χ1n) is 5.20. The van der Waals surface area contributed by atoms with E-state index in [0.717, 1.165) is 25.7 Å². The Labute approximate surface area is 95.6 Å². The lowest BCUT2D eigenvalue weighted by Crippen LogP contribution is -2.49. The molecule has 1 saturated carbocycles. The standard InChI is InChI=1S/C10H17NO3.ClH/c11-5-8-1-2-10(6-14-8)3-7(4-10)9(12)13;/h7-8H,1-6,11H2,(H,12,13);1H. The maximum Gasteiger partial charge on any atom is 0.306 e. The molecule has 0 amide bonds. The van der Waals surface area contributed by atoms with Crippen LogP contribution in [0, 0.1) is 11.3 Å². The second-order valence-corrected chi connectivity index (χ2v) is 4.65. The van der Waals surface area contributed by atoms with Crippen molar-refractivity contribution >= 4 is 18.4 Å². The van der Waals surface area contributed by atoms with Gasteiger partial charge in [-0.2, -0.15) is 0 Å². The number of rotatable bonds is 2. The number of aliphatic carboxylic acids is 1. The molecule has 2 fully saturated rings. The van der Waals surface area contributed by atoms with Gasteiger partial charge in [0.1, 0.15) is 0 Å². The second kappa shape index (κ2) is 4.68. The molecule has 1 aliphatic heterocycles. The third-order valence-electron chi connectivity index (χ3n) is 3.59. The fourth-order valence-corrected chi connectivity index (χ4v) is 2.59. The number of carboxylic acids is 1. The fourth-order valence-electron chi connectivity index (χ4n) is 2.59. The molecule has 0 aromatic heterocycles. The molecule has 2 rings (SSSR count). The van der Waals surface area contributed by atoms with Crippen molar-refractivity contribution in [1.82, 2.24) is 0 Å². The molecule has 5 heteroatoms. The molecule has 3 N–H and O–H groups in total. The highest BCUT2D eigenvalue weighted by Crippen LogP contribution is 2.51. The van der Waals surface area contributed by atoms with E-state index in [1.54, 1.807) is 0 Å². The van der Waals surface area contributed by atoms with Gasteiger partial charge in [0.15, 0.2) is 0 Å². The largest absolute Gasteiger partial charge is 0.481 e. The number of hydrogen-bond donors (Lipinski definition) is 2. The molecule has 1 saturated heterocycles. The molecule has 1 aliphatic carbocycles. The summed E-state index contributed by atoms with van der Waals surface area (Å²) >= 11 is 0. The lowest BCUT2D eigenvalue weighted by molar-refractivity contribution is -0.161. The Balaban J connectivity index is 0.00000112. The van der Waals surface area contributed by atoms with Crippen molar-refractivity contribution in [3.63, 3.8) is 0 Å². The van der Waals surface area contributed by atoms with Gasteiger partial charge >= 0.3 is 5.97 Å². The highest BCUT2D eigenvalue weighted by atomic mass is 35.5. The van der Waals surface area contributed by atoms with Gasteiger partial charge in [-0.25, -0.2) is 0 Å². The van der Waals surface area contributed by atoms with Gasteiger partial charge in [0, 0.05) is 6.54 Å². The van der Waals surface area contributed by atoms with E-state index in [2.05, 4.69) is 0 Å². The number of ether oxygens (including phenoxy) is 1. The Hall–Kier alpha value is -0.320. The van der Waals surface area contributed by atoms with Crippen molar-refractivity contribution in [2.24, 2.45) is 17.1 Å². The van der Waals surface area contributed by atoms with E-state index in [9.17, 15) is 4.79 Å². The Morgan fingerprint density at radius 3 is 2.60 bits per heavy atom. The summed E-state index contributed by atoms with van der Waals surface area (Å²) in [7, 11) is 0. The van der Waals surface area contributed by atoms with Gasteiger partial charge in [-0.1, -0.05) is 0 Å². The lowest BCUT2D eigenvalue weighted by atomic mass is 9.59. The summed E-state index contributed by atoms with van der Waals surface area (Å²) < 4.78 is 5.60. The summed E-state index contributed by atoms with van der Waals surface area (Å²) in [5.41, 5.74) is 5.68. The van der Waals surface area contributed by atoms with E-state index in [0.29, 0.717) is 13.2 Å². The molecule has 1 spiro atoms. The van der Waals surface area contributed by atoms with E-state index in [4.69, 9.17) is 15.6 Å². The number of carbonyl (C=O) groups is 1. The van der Waals surface area contributed by atoms with Crippen LogP contribution in [0.15, 0.2) is 0 Å². The Morgan fingerprint density at radius 1 is 1.53 bits per heavy atom. The molecule has 1 atom stereocenters. The maximum absolute atomic E-state index is 10.7. The molecule has 1 unspecified atom stereocenters. The highest BCUT2D eigenvalue weighted by Gasteiger charge is 2.49. The van der Waals surface area contributed by atoms with Gasteiger partial charge in [-0.15, -0.1) is 12.4 Å². The highest BCUT2D eigenvalue weighted by molar-refractivity contribution is 5.85. The van der Waals surface area contributed by atoms with Gasteiger partial charge in [0.25, 0.3) is 0 Å². The van der Waals surface area contributed by atoms with Gasteiger partial charge in [-0.05, 0) is 31.1 Å². The quantitative estimate of drug-likeness (QED) is 0.750. The van der Waals surface area contributed by atoms with Crippen LogP contribution in [-0.2, 0) is 9.53 Å². The number of halogens is 1. The molecule has 15 heavy (non-hydrogen) atoms. The zero-order valence-electron chi connectivity index (χ0n) is 8.65. The predicted molar refractivity (Wildman–Crippen MR) is 58.1 cm³/mol. The van der Waals surface area contributed by atoms with Crippen molar-refractivity contribution in [2.45, 2.75) is 31.8 Å². The van der Waals surface area contributed by atoms with Crippen LogP contribution in [0.1, 0.15) is 25.7 Å². The van der Waals surface area contributed by atoms with E-state index < -0.39 is 5.97 Å². The topological polar surface area (TPSA) is 72.5 Å². The van der Waals surface area contributed by atoms with Gasteiger partial charge in [0.2, 0.25) is 0 Å². The molecule has 88 valence electrons. The molecule has 0 aromatic rings. The normalized spacial score (nSPS) is 39.3. The summed E-state index contributed by atoms with van der Waals surface area (Å²) in [6.07, 6.45) is 3.85. The number of carboxylic acid groups (broad SMARTS) is 1. The van der Waals surface area contributed by atoms with Crippen LogP contribution in [0.5, 0.6) is 0 Å². The van der Waals surface area contributed by atoms with E-state index >= 15 is 0 Å². The Morgan fingerprint density at radius 2 is 2.20 bits per heavy atom. The van der Waals surface area contributed by atoms with Crippen molar-refractivity contribution < 1.29 is 14.6 Å². The lowest BCUT2D eigenvalue weighted by Gasteiger charge is -2.49. The Bertz CT molecular complexity index is 231. The molecule has 0 radical (unpaired) electrons. The van der Waals surface area contributed by atoms with Gasteiger partial charge in [0.05, 0.1) is 18.6 Å². The van der Waals surface area contributed by atoms with Crippen LogP contribution in [0.2, 0.25) is 0 Å². The third kappa shape index (κ3) is 2.44. The second-order valence-electron chi connectivity index (χ2n) is 4.65. The zero-order valence-corrected chi connectivity index (χ0v) is 9.46. The first kappa shape index (κ1) is 12.7. The van der Waals surface area contributed by atoms with E-state index in [1.165, 1.54) is 0 Å². The molecule has 0 aromatic carbocycles. The SMILES string of the molecule is Cl.NCC1CCC2(CO1)CC(C(=O)O)C2. The van der Waals surface area contributed by atoms with Crippen LogP contribution in [0.4, 0.5) is 0 Å². The summed E-state index contributed by atoms with van der Waals surface area (Å²) in [6.45, 7) is 1.29. The van der Waals surface area contributed by atoms with Gasteiger partial charge in [-0.3, -0.25) is 4.79 Å². The summed E-state index contributed by atoms with van der Waals surface area (Å²) in [4.78, 5) is 10.7. The van der Waals surface area contributed by atoms with Crippen LogP contribution in [-0.4, -0.2) is 30.3 Å². The van der Waals surface area contributed by atoms with Crippen molar-refractivity contribution in [3.8, 4) is 0 Å². The number of nitrogens with two attached hydrogens (primary N) is 1. The summed E-state index contributed by atoms with van der Waals surface area (Å²) in [6, 6.07) is 0. The minimum Gasteiger partial charge on any atom is -0.481 e. The van der Waals surface area contributed by atoms with Crippen LogP contribution in [0.3, 0.4) is 0 Å². The molecule has 1 heterocycles. The smallest absolute Gasteiger partial charge is 0.306 e. The van der Waals surface area contributed by atoms with Crippen LogP contribution in [0.25, 0.3) is 0 Å². The zero-order chi connectivity index (χ0) is 10.2. The molecule has 2 aliphatic rings. The summed E-state index contributed by atoms with van der Waals surface area (Å²) in [5.74, 6) is -0.787. The van der Waals surface area contributed by atoms with E-state index in [1.807, 2.05) is 0 Å². The monoisotopic (exact) mass is 235 g/mol. The minimum atomic E-state index is -0.656. The fraction of sp³-hybridized carbons (Fsp3) is 0.900. The molecular formula is C10H18ClNO3. The molecule has 0 bridgehead atoms. The Kier molecular flexibility index (Phi) is 3.98. The third-order valence-corrected chi connectivity index (χ3v) is 3.59. The van der Waals surface area contributed by atoms with Crippen molar-refractivity contribution in [3.05, 3.63) is 0 Å².